The normalized spacial score (nSPS) is 10.0. The van der Waals surface area contributed by atoms with Gasteiger partial charge in [-0.3, -0.25) is 0 Å². The predicted octanol–water partition coefficient (Wildman–Crippen LogP) is 4.62. The Labute approximate surface area is 154 Å². The highest BCUT2D eigenvalue weighted by Gasteiger charge is 2.09. The van der Waals surface area contributed by atoms with Gasteiger partial charge in [-0.15, -0.1) is 0 Å². The first kappa shape index (κ1) is 19.4. The van der Waals surface area contributed by atoms with Gasteiger partial charge in [0, 0.05) is 0 Å². The molecule has 0 aliphatic carbocycles. The fourth-order valence-corrected chi connectivity index (χ4v) is 2.18. The molecule has 0 radical (unpaired) electrons. The van der Waals surface area contributed by atoms with E-state index >= 15 is 0 Å². The van der Waals surface area contributed by atoms with E-state index in [9.17, 15) is 4.79 Å². The maximum Gasteiger partial charge on any atom is 0.343 e. The third-order valence-electron chi connectivity index (χ3n) is 3.48. The van der Waals surface area contributed by atoms with Gasteiger partial charge in [0.05, 0.1) is 31.6 Å². The molecule has 0 unspecified atom stereocenters. The summed E-state index contributed by atoms with van der Waals surface area (Å²) in [5.74, 6) is 1.51. The van der Waals surface area contributed by atoms with Gasteiger partial charge in [0.25, 0.3) is 0 Å². The molecule has 5 heteroatoms. The van der Waals surface area contributed by atoms with Crippen LogP contribution in [0.25, 0.3) is 0 Å². The van der Waals surface area contributed by atoms with Crippen molar-refractivity contribution in [3.63, 3.8) is 0 Å². The SMILES string of the molecule is C=COCCCCOc1ccc(C(=O)Oc2ccc(OCC)cc2)cc1. The monoisotopic (exact) mass is 356 g/mol. The van der Waals surface area contributed by atoms with Gasteiger partial charge in [0.15, 0.2) is 0 Å². The molecule has 0 heterocycles. The number of hydrogen-bond donors (Lipinski definition) is 0. The molecule has 2 aromatic rings. The molecule has 0 amide bonds. The van der Waals surface area contributed by atoms with Gasteiger partial charge in [-0.1, -0.05) is 6.58 Å². The van der Waals surface area contributed by atoms with Crippen LogP contribution in [0.15, 0.2) is 61.4 Å². The Hall–Kier alpha value is -2.95. The quantitative estimate of drug-likeness (QED) is 0.254. The molecule has 0 saturated heterocycles. The number of rotatable bonds is 11. The average Bonchev–Trinajstić information content (AvgIpc) is 2.67. The summed E-state index contributed by atoms with van der Waals surface area (Å²) in [6.07, 6.45) is 3.22. The largest absolute Gasteiger partial charge is 0.502 e. The second-order valence-electron chi connectivity index (χ2n) is 5.41. The molecule has 0 fully saturated rings. The molecule has 26 heavy (non-hydrogen) atoms. The van der Waals surface area contributed by atoms with E-state index in [1.54, 1.807) is 48.5 Å². The summed E-state index contributed by atoms with van der Waals surface area (Å²) in [6.45, 7) is 7.23. The van der Waals surface area contributed by atoms with Gasteiger partial charge in [-0.2, -0.15) is 0 Å². The van der Waals surface area contributed by atoms with Crippen molar-refractivity contribution in [3.8, 4) is 17.2 Å². The zero-order valence-electron chi connectivity index (χ0n) is 15.0. The van der Waals surface area contributed by atoms with Crippen LogP contribution in [-0.4, -0.2) is 25.8 Å². The summed E-state index contributed by atoms with van der Waals surface area (Å²) in [7, 11) is 0. The van der Waals surface area contributed by atoms with Crippen molar-refractivity contribution < 1.29 is 23.7 Å². The molecule has 138 valence electrons. The van der Waals surface area contributed by atoms with Crippen LogP contribution in [0.2, 0.25) is 0 Å². The van der Waals surface area contributed by atoms with Crippen LogP contribution in [0, 0.1) is 0 Å². The average molecular weight is 356 g/mol. The number of unbranched alkanes of at least 4 members (excludes halogenated alkanes) is 1. The molecule has 0 aliphatic heterocycles. The summed E-state index contributed by atoms with van der Waals surface area (Å²) < 4.78 is 21.4. The minimum atomic E-state index is -0.415. The lowest BCUT2D eigenvalue weighted by Gasteiger charge is -2.08. The van der Waals surface area contributed by atoms with Gasteiger partial charge in [-0.25, -0.2) is 4.79 Å². The molecule has 0 bridgehead atoms. The molecule has 0 aliphatic rings. The van der Waals surface area contributed by atoms with Gasteiger partial charge in [0.2, 0.25) is 0 Å². The second-order valence-corrected chi connectivity index (χ2v) is 5.41. The van der Waals surface area contributed by atoms with E-state index in [2.05, 4.69) is 6.58 Å². The van der Waals surface area contributed by atoms with E-state index in [1.807, 2.05) is 6.92 Å². The van der Waals surface area contributed by atoms with E-state index in [0.29, 0.717) is 36.9 Å². The summed E-state index contributed by atoms with van der Waals surface area (Å²) >= 11 is 0. The van der Waals surface area contributed by atoms with E-state index in [-0.39, 0.29) is 0 Å². The summed E-state index contributed by atoms with van der Waals surface area (Å²) in [5.41, 5.74) is 0.464. The van der Waals surface area contributed by atoms with Crippen LogP contribution in [0.1, 0.15) is 30.1 Å². The molecular formula is C21H24O5. The topological polar surface area (TPSA) is 54.0 Å². The lowest BCUT2D eigenvalue weighted by Crippen LogP contribution is -2.08. The maximum absolute atomic E-state index is 12.2. The number of benzene rings is 2. The highest BCUT2D eigenvalue weighted by Crippen LogP contribution is 2.19. The molecule has 0 atom stereocenters. The zero-order chi connectivity index (χ0) is 18.6. The first-order valence-corrected chi connectivity index (χ1v) is 8.63. The van der Waals surface area contributed by atoms with Crippen molar-refractivity contribution in [1.29, 1.82) is 0 Å². The smallest absolute Gasteiger partial charge is 0.343 e. The first-order valence-electron chi connectivity index (χ1n) is 8.63. The molecule has 2 aromatic carbocycles. The molecule has 0 saturated carbocycles. The van der Waals surface area contributed by atoms with Gasteiger partial charge < -0.3 is 18.9 Å². The number of carbonyl (C=O) groups is 1. The first-order chi connectivity index (χ1) is 12.7. The van der Waals surface area contributed by atoms with Gasteiger partial charge in [0.1, 0.15) is 17.2 Å². The van der Waals surface area contributed by atoms with Gasteiger partial charge >= 0.3 is 5.97 Å². The van der Waals surface area contributed by atoms with Crippen LogP contribution in [-0.2, 0) is 4.74 Å². The molecule has 2 rings (SSSR count). The third kappa shape index (κ3) is 6.51. The fraction of sp³-hybridized carbons (Fsp3) is 0.286. The Balaban J connectivity index is 1.79. The minimum Gasteiger partial charge on any atom is -0.502 e. The van der Waals surface area contributed by atoms with Crippen molar-refractivity contribution in [2.45, 2.75) is 19.8 Å². The Morgan fingerprint density at radius 2 is 1.46 bits per heavy atom. The summed E-state index contributed by atoms with van der Waals surface area (Å²) in [4.78, 5) is 12.2. The van der Waals surface area contributed by atoms with E-state index in [1.165, 1.54) is 6.26 Å². The lowest BCUT2D eigenvalue weighted by atomic mass is 10.2. The Morgan fingerprint density at radius 3 is 2.12 bits per heavy atom. The second kappa shape index (κ2) is 10.8. The predicted molar refractivity (Wildman–Crippen MR) is 99.9 cm³/mol. The Morgan fingerprint density at radius 1 is 0.885 bits per heavy atom. The van der Waals surface area contributed by atoms with Crippen molar-refractivity contribution >= 4 is 5.97 Å². The standard InChI is InChI=1S/C21H24O5/c1-3-23-15-5-6-16-25-19-9-7-17(8-10-19)21(22)26-20-13-11-18(12-14-20)24-4-2/h3,7-14H,1,4-6,15-16H2,2H3. The third-order valence-corrected chi connectivity index (χ3v) is 3.48. The molecule has 0 aromatic heterocycles. The summed E-state index contributed by atoms with van der Waals surface area (Å²) in [5, 5.41) is 0. The fourth-order valence-electron chi connectivity index (χ4n) is 2.18. The molecular weight excluding hydrogens is 332 g/mol. The molecule has 0 N–H and O–H groups in total. The number of ether oxygens (including phenoxy) is 4. The Kier molecular flexibility index (Phi) is 8.06. The van der Waals surface area contributed by atoms with E-state index in [0.717, 1.165) is 18.6 Å². The highest BCUT2D eigenvalue weighted by atomic mass is 16.5. The van der Waals surface area contributed by atoms with Crippen LogP contribution in [0.4, 0.5) is 0 Å². The van der Waals surface area contributed by atoms with Crippen molar-refractivity contribution in [1.82, 2.24) is 0 Å². The van der Waals surface area contributed by atoms with Crippen molar-refractivity contribution in [3.05, 3.63) is 66.9 Å². The molecule has 5 nitrogen and oxygen atoms in total. The number of hydrogen-bond acceptors (Lipinski definition) is 5. The van der Waals surface area contributed by atoms with E-state index < -0.39 is 5.97 Å². The Bertz CT molecular complexity index is 677. The molecule has 0 spiro atoms. The summed E-state index contributed by atoms with van der Waals surface area (Å²) in [6, 6.07) is 13.8. The zero-order valence-corrected chi connectivity index (χ0v) is 15.0. The lowest BCUT2D eigenvalue weighted by molar-refractivity contribution is 0.0734. The number of carbonyl (C=O) groups excluding carboxylic acids is 1. The maximum atomic E-state index is 12.2. The van der Waals surface area contributed by atoms with Crippen LogP contribution in [0.5, 0.6) is 17.2 Å². The highest BCUT2D eigenvalue weighted by molar-refractivity contribution is 5.91. The number of esters is 1. The van der Waals surface area contributed by atoms with Crippen molar-refractivity contribution in [2.75, 3.05) is 19.8 Å². The van der Waals surface area contributed by atoms with Gasteiger partial charge in [-0.05, 0) is 68.3 Å². The van der Waals surface area contributed by atoms with Crippen LogP contribution < -0.4 is 14.2 Å². The van der Waals surface area contributed by atoms with Crippen molar-refractivity contribution in [2.24, 2.45) is 0 Å². The minimum absolute atomic E-state index is 0.415. The van der Waals surface area contributed by atoms with E-state index in [4.69, 9.17) is 18.9 Å². The van der Waals surface area contributed by atoms with Crippen LogP contribution >= 0.6 is 0 Å². The van der Waals surface area contributed by atoms with Crippen LogP contribution in [0.3, 0.4) is 0 Å².